The fourth-order valence-electron chi connectivity index (χ4n) is 2.99. The summed E-state index contributed by atoms with van der Waals surface area (Å²) in [5.74, 6) is -0.297. The number of carbonyl (C=O) groups is 2. The number of hydrogen-bond donors (Lipinski definition) is 2. The highest BCUT2D eigenvalue weighted by Gasteiger charge is 2.18. The highest BCUT2D eigenvalue weighted by Crippen LogP contribution is 2.30. The largest absolute Gasteiger partial charge is 0.378 e. The first-order valence-electron chi connectivity index (χ1n) is 10.6. The van der Waals surface area contributed by atoms with E-state index in [0.717, 1.165) is 14.6 Å². The lowest BCUT2D eigenvalue weighted by atomic mass is 10.2. The van der Waals surface area contributed by atoms with Crippen molar-refractivity contribution in [3.05, 3.63) is 76.8 Å². The molecule has 0 saturated heterocycles. The van der Waals surface area contributed by atoms with Crippen LogP contribution in [-0.4, -0.2) is 37.2 Å². The molecule has 0 atom stereocenters. The molecule has 0 saturated carbocycles. The molecule has 4 aromatic rings. The second kappa shape index (κ2) is 11.9. The van der Waals surface area contributed by atoms with E-state index in [0.29, 0.717) is 15.7 Å². The molecule has 2 N–H and O–H groups in total. The molecule has 0 aliphatic carbocycles. The van der Waals surface area contributed by atoms with Crippen LogP contribution < -0.4 is 14.9 Å². The third kappa shape index (κ3) is 7.38. The number of hydrogen-bond acceptors (Lipinski definition) is 9. The first-order chi connectivity index (χ1) is 17.7. The lowest BCUT2D eigenvalue weighted by molar-refractivity contribution is -0.118. The number of nitrogens with one attached hydrogen (secondary N) is 2. The predicted octanol–water partition coefficient (Wildman–Crippen LogP) is 5.03. The van der Waals surface area contributed by atoms with Crippen LogP contribution in [0, 0.1) is 0 Å². The van der Waals surface area contributed by atoms with Crippen molar-refractivity contribution in [3.8, 4) is 5.75 Å². The molecule has 0 aliphatic rings. The van der Waals surface area contributed by atoms with Crippen LogP contribution in [-0.2, 0) is 19.7 Å². The molecule has 4 rings (SSSR count). The molecule has 9 nitrogen and oxygen atoms in total. The average molecular weight is 620 g/mol. The Morgan fingerprint density at radius 1 is 1.14 bits per heavy atom. The van der Waals surface area contributed by atoms with Crippen LogP contribution in [0.15, 0.2) is 85.5 Å². The lowest BCUT2D eigenvalue weighted by Gasteiger charge is -2.10. The van der Waals surface area contributed by atoms with E-state index in [-0.39, 0.29) is 28.2 Å². The lowest BCUT2D eigenvalue weighted by Crippen LogP contribution is -2.19. The summed E-state index contributed by atoms with van der Waals surface area (Å²) in [7, 11) is -4.10. The molecule has 2 amide bonds. The standard InChI is InChI=1S/C24H19BrN4O5S3/c1-15(30)27-17-7-9-18(10-8-17)37(32,33)34-21-11-6-16(12-19(21)25)13-26-29-23(31)14-35-24-28-20-4-2-3-5-22(20)36-24/h2-13H,14H2,1H3,(H,27,30)(H,29,31)/b26-13-. The van der Waals surface area contributed by atoms with Crippen LogP contribution in [0.5, 0.6) is 5.75 Å². The van der Waals surface area contributed by atoms with E-state index in [2.05, 4.69) is 36.8 Å². The minimum atomic E-state index is -4.10. The minimum absolute atomic E-state index is 0.0643. The zero-order valence-electron chi connectivity index (χ0n) is 19.2. The molecule has 1 aromatic heterocycles. The molecule has 13 heteroatoms. The second-order valence-electron chi connectivity index (χ2n) is 7.46. The fourth-order valence-corrected chi connectivity index (χ4v) is 6.38. The van der Waals surface area contributed by atoms with Crippen molar-refractivity contribution in [3.63, 3.8) is 0 Å². The van der Waals surface area contributed by atoms with Gasteiger partial charge in [-0.25, -0.2) is 10.4 Å². The summed E-state index contributed by atoms with van der Waals surface area (Å²) in [6.07, 6.45) is 1.43. The van der Waals surface area contributed by atoms with Crippen LogP contribution in [0.25, 0.3) is 10.2 Å². The van der Waals surface area contributed by atoms with Gasteiger partial charge >= 0.3 is 10.1 Å². The number of anilines is 1. The number of fused-ring (bicyclic) bond motifs is 1. The maximum atomic E-state index is 12.6. The van der Waals surface area contributed by atoms with Gasteiger partial charge < -0.3 is 9.50 Å². The molecule has 0 radical (unpaired) electrons. The van der Waals surface area contributed by atoms with E-state index in [4.69, 9.17) is 4.18 Å². The molecule has 0 bridgehead atoms. The van der Waals surface area contributed by atoms with Gasteiger partial charge in [-0.1, -0.05) is 23.9 Å². The van der Waals surface area contributed by atoms with Crippen molar-refractivity contribution >= 4 is 83.1 Å². The number of aromatic nitrogens is 1. The normalized spacial score (nSPS) is 11.5. The first kappa shape index (κ1) is 26.8. The van der Waals surface area contributed by atoms with Gasteiger partial charge in [0, 0.05) is 12.6 Å². The molecule has 0 unspecified atom stereocenters. The number of thiazole rings is 1. The molecule has 1 heterocycles. The predicted molar refractivity (Wildman–Crippen MR) is 149 cm³/mol. The maximum Gasteiger partial charge on any atom is 0.339 e. The van der Waals surface area contributed by atoms with Crippen LogP contribution in [0.3, 0.4) is 0 Å². The molecule has 3 aromatic carbocycles. The molecule has 37 heavy (non-hydrogen) atoms. The summed E-state index contributed by atoms with van der Waals surface area (Å²) in [5, 5.41) is 6.52. The van der Waals surface area contributed by atoms with Gasteiger partial charge in [0.05, 0.1) is 26.7 Å². The number of thioether (sulfide) groups is 1. The zero-order chi connectivity index (χ0) is 26.4. The number of benzene rings is 3. The Bertz CT molecular complexity index is 1550. The number of amides is 2. The maximum absolute atomic E-state index is 12.6. The SMILES string of the molecule is CC(=O)Nc1ccc(S(=O)(=O)Oc2ccc(/C=N\NC(=O)CSc3nc4ccccc4s3)cc2Br)cc1. The molecule has 0 spiro atoms. The van der Waals surface area contributed by atoms with E-state index in [1.54, 1.807) is 12.1 Å². The summed E-state index contributed by atoms with van der Waals surface area (Å²) >= 11 is 6.16. The molecular formula is C24H19BrN4O5S3. The third-order valence-corrected chi connectivity index (χ3v) is 8.67. The van der Waals surface area contributed by atoms with Gasteiger partial charge in [0.15, 0.2) is 10.1 Å². The number of nitrogens with zero attached hydrogens (tertiary/aromatic N) is 2. The Balaban J connectivity index is 1.31. The van der Waals surface area contributed by atoms with E-state index < -0.39 is 10.1 Å². The topological polar surface area (TPSA) is 127 Å². The van der Waals surface area contributed by atoms with Gasteiger partial charge in [0.1, 0.15) is 4.90 Å². The number of hydrazone groups is 1. The van der Waals surface area contributed by atoms with E-state index in [1.165, 1.54) is 66.6 Å². The van der Waals surface area contributed by atoms with Gasteiger partial charge in [0.2, 0.25) is 5.91 Å². The molecular weight excluding hydrogens is 600 g/mol. The highest BCUT2D eigenvalue weighted by atomic mass is 79.9. The molecule has 0 aliphatic heterocycles. The Morgan fingerprint density at radius 3 is 2.59 bits per heavy atom. The third-order valence-electron chi connectivity index (χ3n) is 4.62. The van der Waals surface area contributed by atoms with Crippen molar-refractivity contribution in [1.29, 1.82) is 0 Å². The van der Waals surface area contributed by atoms with Crippen molar-refractivity contribution in [2.75, 3.05) is 11.1 Å². The summed E-state index contributed by atoms with van der Waals surface area (Å²) in [6.45, 7) is 1.36. The Labute approximate surface area is 229 Å². The minimum Gasteiger partial charge on any atom is -0.378 e. The van der Waals surface area contributed by atoms with Crippen molar-refractivity contribution < 1.29 is 22.2 Å². The van der Waals surface area contributed by atoms with Crippen LogP contribution in [0.2, 0.25) is 0 Å². The van der Waals surface area contributed by atoms with Crippen molar-refractivity contribution in [1.82, 2.24) is 10.4 Å². The number of rotatable bonds is 9. The van der Waals surface area contributed by atoms with Crippen molar-refractivity contribution in [2.24, 2.45) is 5.10 Å². The summed E-state index contributed by atoms with van der Waals surface area (Å²) in [6, 6.07) is 18.1. The van der Waals surface area contributed by atoms with Gasteiger partial charge in [0.25, 0.3) is 5.91 Å². The fraction of sp³-hybridized carbons (Fsp3) is 0.0833. The van der Waals surface area contributed by atoms with Crippen LogP contribution >= 0.6 is 39.0 Å². The van der Waals surface area contributed by atoms with E-state index >= 15 is 0 Å². The van der Waals surface area contributed by atoms with E-state index in [9.17, 15) is 18.0 Å². The van der Waals surface area contributed by atoms with Gasteiger partial charge in [-0.2, -0.15) is 13.5 Å². The number of halogens is 1. The Kier molecular flexibility index (Phi) is 8.59. The smallest absolute Gasteiger partial charge is 0.339 e. The van der Waals surface area contributed by atoms with Gasteiger partial charge in [-0.05, 0) is 76.1 Å². The number of para-hydroxylation sites is 1. The zero-order valence-corrected chi connectivity index (χ0v) is 23.2. The first-order valence-corrected chi connectivity index (χ1v) is 14.6. The number of carbonyl (C=O) groups excluding carboxylic acids is 2. The summed E-state index contributed by atoms with van der Waals surface area (Å²) < 4.78 is 32.7. The van der Waals surface area contributed by atoms with Crippen molar-refractivity contribution in [2.45, 2.75) is 16.2 Å². The average Bonchev–Trinajstić information content (AvgIpc) is 3.27. The van der Waals surface area contributed by atoms with E-state index in [1.807, 2.05) is 24.3 Å². The Hall–Kier alpha value is -3.26. The van der Waals surface area contributed by atoms with Crippen LogP contribution in [0.1, 0.15) is 12.5 Å². The summed E-state index contributed by atoms with van der Waals surface area (Å²) in [4.78, 5) is 27.7. The quantitative estimate of drug-likeness (QED) is 0.117. The van der Waals surface area contributed by atoms with Gasteiger partial charge in [-0.15, -0.1) is 11.3 Å². The Morgan fingerprint density at radius 2 is 1.89 bits per heavy atom. The van der Waals surface area contributed by atoms with Gasteiger partial charge in [-0.3, -0.25) is 9.59 Å². The second-order valence-corrected chi connectivity index (χ2v) is 12.1. The molecule has 0 fully saturated rings. The summed E-state index contributed by atoms with van der Waals surface area (Å²) in [5.41, 5.74) is 4.44. The molecule has 190 valence electrons. The monoisotopic (exact) mass is 618 g/mol. The van der Waals surface area contributed by atoms with Crippen LogP contribution in [0.4, 0.5) is 5.69 Å². The highest BCUT2D eigenvalue weighted by molar-refractivity contribution is 9.10.